The van der Waals surface area contributed by atoms with E-state index in [9.17, 15) is 9.59 Å². The number of ether oxygens (including phenoxy) is 1. The van der Waals surface area contributed by atoms with Crippen LogP contribution < -0.4 is 5.32 Å². The van der Waals surface area contributed by atoms with Crippen molar-refractivity contribution in [2.24, 2.45) is 0 Å². The molecule has 1 aliphatic heterocycles. The molecular formula is C20H21ClN2O3. The summed E-state index contributed by atoms with van der Waals surface area (Å²) in [5.41, 5.74) is 2.10. The zero-order chi connectivity index (χ0) is 18.4. The van der Waals surface area contributed by atoms with Gasteiger partial charge in [0.2, 0.25) is 5.91 Å². The summed E-state index contributed by atoms with van der Waals surface area (Å²) in [6, 6.07) is 14.6. The highest BCUT2D eigenvalue weighted by atomic mass is 35.5. The highest BCUT2D eigenvalue weighted by molar-refractivity contribution is 6.30. The molecule has 0 unspecified atom stereocenters. The van der Waals surface area contributed by atoms with Gasteiger partial charge in [0.1, 0.15) is 0 Å². The highest BCUT2D eigenvalue weighted by Crippen LogP contribution is 2.19. The Labute approximate surface area is 157 Å². The van der Waals surface area contributed by atoms with Gasteiger partial charge in [0, 0.05) is 24.5 Å². The fourth-order valence-electron chi connectivity index (χ4n) is 2.84. The number of nitrogens with one attached hydrogen (secondary N) is 1. The van der Waals surface area contributed by atoms with Crippen molar-refractivity contribution < 1.29 is 14.3 Å². The fraction of sp³-hybridized carbons (Fsp3) is 0.300. The lowest BCUT2D eigenvalue weighted by molar-refractivity contribution is -0.116. The van der Waals surface area contributed by atoms with Gasteiger partial charge in [-0.15, -0.1) is 0 Å². The van der Waals surface area contributed by atoms with E-state index < -0.39 is 0 Å². The van der Waals surface area contributed by atoms with Gasteiger partial charge < -0.3 is 15.0 Å². The maximum Gasteiger partial charge on any atom is 0.256 e. The average Bonchev–Trinajstić information content (AvgIpc) is 2.68. The second kappa shape index (κ2) is 8.83. The standard InChI is InChI=1S/C20H21ClN2O3/c21-16-8-5-15(6-9-16)7-10-19(24)22-18-4-2-1-3-17(18)20(25)23-11-13-26-14-12-23/h1-6,8-9H,7,10-14H2,(H,22,24). The van der Waals surface area contributed by atoms with E-state index in [1.54, 1.807) is 23.1 Å². The van der Waals surface area contributed by atoms with Gasteiger partial charge in [-0.25, -0.2) is 0 Å². The summed E-state index contributed by atoms with van der Waals surface area (Å²) in [6.07, 6.45) is 0.949. The van der Waals surface area contributed by atoms with Gasteiger partial charge in [-0.05, 0) is 36.2 Å². The molecule has 6 heteroatoms. The second-order valence-electron chi connectivity index (χ2n) is 6.12. The molecule has 0 radical (unpaired) electrons. The van der Waals surface area contributed by atoms with Gasteiger partial charge in [-0.1, -0.05) is 35.9 Å². The number of nitrogens with zero attached hydrogens (tertiary/aromatic N) is 1. The molecular weight excluding hydrogens is 352 g/mol. The Bertz CT molecular complexity index is 771. The van der Waals surface area contributed by atoms with E-state index in [1.807, 2.05) is 30.3 Å². The van der Waals surface area contributed by atoms with Crippen molar-refractivity contribution in [2.75, 3.05) is 31.6 Å². The molecule has 1 saturated heterocycles. The molecule has 2 aromatic rings. The summed E-state index contributed by atoms with van der Waals surface area (Å²) in [5, 5.41) is 3.54. The third-order valence-electron chi connectivity index (χ3n) is 4.28. The van der Waals surface area contributed by atoms with Crippen LogP contribution in [0.5, 0.6) is 0 Å². The number of hydrogen-bond donors (Lipinski definition) is 1. The molecule has 3 rings (SSSR count). The normalized spacial score (nSPS) is 14.1. The van der Waals surface area contributed by atoms with E-state index in [4.69, 9.17) is 16.3 Å². The molecule has 1 fully saturated rings. The molecule has 0 saturated carbocycles. The summed E-state index contributed by atoms with van der Waals surface area (Å²) in [7, 11) is 0. The monoisotopic (exact) mass is 372 g/mol. The number of aryl methyl sites for hydroxylation is 1. The Morgan fingerprint density at radius 3 is 2.46 bits per heavy atom. The maximum atomic E-state index is 12.7. The smallest absolute Gasteiger partial charge is 0.256 e. The maximum absolute atomic E-state index is 12.7. The minimum Gasteiger partial charge on any atom is -0.378 e. The predicted molar refractivity (Wildman–Crippen MR) is 102 cm³/mol. The van der Waals surface area contributed by atoms with E-state index >= 15 is 0 Å². The number of rotatable bonds is 5. The van der Waals surface area contributed by atoms with Crippen molar-refractivity contribution in [1.29, 1.82) is 0 Å². The summed E-state index contributed by atoms with van der Waals surface area (Å²) >= 11 is 5.87. The minimum absolute atomic E-state index is 0.0816. The fourth-order valence-corrected chi connectivity index (χ4v) is 2.96. The predicted octanol–water partition coefficient (Wildman–Crippen LogP) is 3.38. The van der Waals surface area contributed by atoms with E-state index in [0.29, 0.717) is 55.4 Å². The summed E-state index contributed by atoms with van der Waals surface area (Å²) < 4.78 is 5.29. The number of para-hydroxylation sites is 1. The van der Waals surface area contributed by atoms with Gasteiger partial charge in [0.15, 0.2) is 0 Å². The molecule has 1 heterocycles. The van der Waals surface area contributed by atoms with Crippen molar-refractivity contribution in [2.45, 2.75) is 12.8 Å². The van der Waals surface area contributed by atoms with Crippen molar-refractivity contribution in [3.63, 3.8) is 0 Å². The number of halogens is 1. The Balaban J connectivity index is 1.62. The van der Waals surface area contributed by atoms with Crippen LogP contribution in [0.15, 0.2) is 48.5 Å². The van der Waals surface area contributed by atoms with Crippen LogP contribution in [-0.4, -0.2) is 43.0 Å². The van der Waals surface area contributed by atoms with E-state index in [-0.39, 0.29) is 11.8 Å². The van der Waals surface area contributed by atoms with Crippen LogP contribution in [0.2, 0.25) is 5.02 Å². The Morgan fingerprint density at radius 1 is 1.04 bits per heavy atom. The van der Waals surface area contributed by atoms with Crippen molar-refractivity contribution in [3.05, 3.63) is 64.7 Å². The number of benzene rings is 2. The molecule has 5 nitrogen and oxygen atoms in total. The number of morpholine rings is 1. The van der Waals surface area contributed by atoms with Crippen LogP contribution in [0.4, 0.5) is 5.69 Å². The van der Waals surface area contributed by atoms with Gasteiger partial charge in [0.25, 0.3) is 5.91 Å². The number of hydrogen-bond acceptors (Lipinski definition) is 3. The lowest BCUT2D eigenvalue weighted by Gasteiger charge is -2.27. The van der Waals surface area contributed by atoms with Gasteiger partial charge in [0.05, 0.1) is 24.5 Å². The molecule has 0 atom stereocenters. The van der Waals surface area contributed by atoms with Crippen LogP contribution >= 0.6 is 11.6 Å². The molecule has 2 amide bonds. The van der Waals surface area contributed by atoms with Crippen LogP contribution in [0.3, 0.4) is 0 Å². The molecule has 0 aromatic heterocycles. The zero-order valence-electron chi connectivity index (χ0n) is 14.4. The Morgan fingerprint density at radius 2 is 1.73 bits per heavy atom. The minimum atomic E-state index is -0.123. The molecule has 2 aromatic carbocycles. The zero-order valence-corrected chi connectivity index (χ0v) is 15.2. The molecule has 0 aliphatic carbocycles. The van der Waals surface area contributed by atoms with Crippen molar-refractivity contribution in [1.82, 2.24) is 4.90 Å². The average molecular weight is 373 g/mol. The van der Waals surface area contributed by atoms with Crippen molar-refractivity contribution >= 4 is 29.1 Å². The Hall–Kier alpha value is -2.37. The molecule has 26 heavy (non-hydrogen) atoms. The van der Waals surface area contributed by atoms with Gasteiger partial charge >= 0.3 is 0 Å². The summed E-state index contributed by atoms with van der Waals surface area (Å²) in [5.74, 6) is -0.205. The first-order valence-corrected chi connectivity index (χ1v) is 9.01. The molecule has 136 valence electrons. The largest absolute Gasteiger partial charge is 0.378 e. The van der Waals surface area contributed by atoms with E-state index in [1.165, 1.54) is 0 Å². The lowest BCUT2D eigenvalue weighted by atomic mass is 10.1. The number of amides is 2. The van der Waals surface area contributed by atoms with E-state index in [2.05, 4.69) is 5.32 Å². The van der Waals surface area contributed by atoms with Crippen molar-refractivity contribution in [3.8, 4) is 0 Å². The molecule has 1 aliphatic rings. The van der Waals surface area contributed by atoms with Crippen LogP contribution in [0, 0.1) is 0 Å². The highest BCUT2D eigenvalue weighted by Gasteiger charge is 2.21. The van der Waals surface area contributed by atoms with Gasteiger partial charge in [-0.3, -0.25) is 9.59 Å². The SMILES string of the molecule is O=C(CCc1ccc(Cl)cc1)Nc1ccccc1C(=O)N1CCOCC1. The topological polar surface area (TPSA) is 58.6 Å². The van der Waals surface area contributed by atoms with E-state index in [0.717, 1.165) is 5.56 Å². The van der Waals surface area contributed by atoms with Crippen LogP contribution in [-0.2, 0) is 16.0 Å². The molecule has 0 bridgehead atoms. The third kappa shape index (κ3) is 4.84. The first-order chi connectivity index (χ1) is 12.6. The first-order valence-electron chi connectivity index (χ1n) is 8.64. The second-order valence-corrected chi connectivity index (χ2v) is 6.56. The van der Waals surface area contributed by atoms with Gasteiger partial charge in [-0.2, -0.15) is 0 Å². The van der Waals surface area contributed by atoms with Crippen LogP contribution in [0.25, 0.3) is 0 Å². The summed E-state index contributed by atoms with van der Waals surface area (Å²) in [4.78, 5) is 26.8. The third-order valence-corrected chi connectivity index (χ3v) is 4.54. The lowest BCUT2D eigenvalue weighted by Crippen LogP contribution is -2.41. The Kier molecular flexibility index (Phi) is 6.26. The molecule has 1 N–H and O–H groups in total. The first kappa shape index (κ1) is 18.4. The number of carbonyl (C=O) groups excluding carboxylic acids is 2. The number of anilines is 1. The quantitative estimate of drug-likeness (QED) is 0.875. The number of carbonyl (C=O) groups is 2. The molecule has 0 spiro atoms. The summed E-state index contributed by atoms with van der Waals surface area (Å²) in [6.45, 7) is 2.22. The van der Waals surface area contributed by atoms with Crippen LogP contribution in [0.1, 0.15) is 22.3 Å².